The number of hydrogen-bond acceptors (Lipinski definition) is 7. The molecular formula is C46H76NO7P. The van der Waals surface area contributed by atoms with Crippen LogP contribution in [0.1, 0.15) is 117 Å². The predicted molar refractivity (Wildman–Crippen MR) is 231 cm³/mol. The van der Waals surface area contributed by atoms with E-state index in [4.69, 9.17) is 18.5 Å². The Morgan fingerprint density at radius 2 is 1.00 bits per heavy atom. The van der Waals surface area contributed by atoms with Gasteiger partial charge in [-0.3, -0.25) is 9.36 Å². The summed E-state index contributed by atoms with van der Waals surface area (Å²) in [6.07, 6.45) is 52.6. The van der Waals surface area contributed by atoms with Gasteiger partial charge in [0.1, 0.15) is 19.3 Å². The van der Waals surface area contributed by atoms with Gasteiger partial charge in [-0.1, -0.05) is 136 Å². The lowest BCUT2D eigenvalue weighted by atomic mass is 10.1. The maximum atomic E-state index is 12.6. The number of rotatable bonds is 36. The maximum absolute atomic E-state index is 12.6. The van der Waals surface area contributed by atoms with Crippen LogP contribution in [0.15, 0.2) is 109 Å². The summed E-state index contributed by atoms with van der Waals surface area (Å²) in [7, 11) is 1.27. The van der Waals surface area contributed by atoms with E-state index in [0.29, 0.717) is 24.1 Å². The Morgan fingerprint density at radius 1 is 0.564 bits per heavy atom. The Morgan fingerprint density at radius 3 is 1.47 bits per heavy atom. The van der Waals surface area contributed by atoms with Gasteiger partial charge in [0.15, 0.2) is 0 Å². The number of carbonyl (C=O) groups excluding carboxylic acids is 1. The summed E-state index contributed by atoms with van der Waals surface area (Å²) < 4.78 is 34.4. The summed E-state index contributed by atoms with van der Waals surface area (Å²) in [5, 5.41) is 0. The molecule has 0 amide bonds. The van der Waals surface area contributed by atoms with E-state index in [9.17, 15) is 14.3 Å². The highest BCUT2D eigenvalue weighted by Crippen LogP contribution is 2.38. The van der Waals surface area contributed by atoms with E-state index in [1.54, 1.807) is 0 Å². The first-order chi connectivity index (χ1) is 26.6. The smallest absolute Gasteiger partial charge is 0.306 e. The SMILES string of the molecule is CC/C=C\C/C=C\C/C=C\C/C=C\C/C=C\C/C=C\CCC(=O)OC(COCCCCCC/C=C\C/C=C\C/C=C\CC)COP(=O)([O-])OCC[N+](C)(C)C. The zero-order valence-corrected chi connectivity index (χ0v) is 36.0. The molecule has 2 atom stereocenters. The highest BCUT2D eigenvalue weighted by Gasteiger charge is 2.20. The van der Waals surface area contributed by atoms with Crippen LogP contribution < -0.4 is 4.89 Å². The first-order valence-corrected chi connectivity index (χ1v) is 22.1. The molecule has 0 saturated carbocycles. The molecule has 0 bridgehead atoms. The quantitative estimate of drug-likeness (QED) is 0.0205. The van der Waals surface area contributed by atoms with Gasteiger partial charge in [0, 0.05) is 13.0 Å². The third-order valence-corrected chi connectivity index (χ3v) is 8.80. The molecule has 0 heterocycles. The molecule has 2 unspecified atom stereocenters. The van der Waals surface area contributed by atoms with Crippen molar-refractivity contribution in [2.75, 3.05) is 54.1 Å². The Kier molecular flexibility index (Phi) is 36.1. The minimum Gasteiger partial charge on any atom is -0.756 e. The number of likely N-dealkylation sites (N-methyl/N-ethyl adjacent to an activating group) is 1. The molecule has 0 aliphatic heterocycles. The molecule has 0 aromatic heterocycles. The molecular weight excluding hydrogens is 709 g/mol. The lowest BCUT2D eigenvalue weighted by Crippen LogP contribution is -2.37. The second-order valence-corrected chi connectivity index (χ2v) is 15.6. The predicted octanol–water partition coefficient (Wildman–Crippen LogP) is 11.4. The lowest BCUT2D eigenvalue weighted by Gasteiger charge is -2.28. The fourth-order valence-electron chi connectivity index (χ4n) is 4.70. The average molecular weight is 786 g/mol. The molecule has 0 aliphatic carbocycles. The third kappa shape index (κ3) is 42.1. The van der Waals surface area contributed by atoms with Crippen molar-refractivity contribution < 1.29 is 37.3 Å². The van der Waals surface area contributed by atoms with Crippen molar-refractivity contribution in [1.29, 1.82) is 0 Å². The van der Waals surface area contributed by atoms with Gasteiger partial charge in [-0.2, -0.15) is 0 Å². The summed E-state index contributed by atoms with van der Waals surface area (Å²) in [4.78, 5) is 25.0. The number of nitrogens with zero attached hydrogens (tertiary/aromatic N) is 1. The molecule has 0 fully saturated rings. The molecule has 0 spiro atoms. The molecule has 55 heavy (non-hydrogen) atoms. The van der Waals surface area contributed by atoms with E-state index in [2.05, 4.69) is 111 Å². The maximum Gasteiger partial charge on any atom is 0.306 e. The zero-order valence-electron chi connectivity index (χ0n) is 35.1. The van der Waals surface area contributed by atoms with E-state index in [1.165, 1.54) is 0 Å². The standard InChI is InChI=1S/C46H76NO7P/c1-6-8-10-12-14-16-18-20-22-23-24-25-26-27-29-31-33-35-37-39-46(48)54-45(44-53-55(49,50)52-42-40-47(3,4)5)43-51-41-38-36-34-32-30-28-21-19-17-15-13-11-9-7-2/h8-11,14-17,20-22,24-25,27-29,33,35,45H,6-7,12-13,18-19,23,26,30-32,34,36-44H2,1-5H3/b10-8-,11-9-,16-14-,17-15-,22-20-,25-24-,28-21-,29-27-,35-33-. The highest BCUT2D eigenvalue weighted by atomic mass is 31.2. The Hall–Kier alpha value is -2.84. The molecule has 0 saturated heterocycles. The van der Waals surface area contributed by atoms with Crippen LogP contribution in [0.25, 0.3) is 0 Å². The number of allylic oxidation sites excluding steroid dienone is 18. The van der Waals surface area contributed by atoms with E-state index >= 15 is 0 Å². The summed E-state index contributed by atoms with van der Waals surface area (Å²) >= 11 is 0. The van der Waals surface area contributed by atoms with Crippen molar-refractivity contribution in [2.24, 2.45) is 0 Å². The minimum atomic E-state index is -4.56. The monoisotopic (exact) mass is 786 g/mol. The van der Waals surface area contributed by atoms with Crippen LogP contribution in [0, 0.1) is 0 Å². The number of phosphoric acid groups is 1. The molecule has 0 radical (unpaired) electrons. The van der Waals surface area contributed by atoms with Crippen LogP contribution in [-0.4, -0.2) is 70.7 Å². The van der Waals surface area contributed by atoms with Crippen molar-refractivity contribution in [1.82, 2.24) is 0 Å². The average Bonchev–Trinajstić information content (AvgIpc) is 3.13. The van der Waals surface area contributed by atoms with Crippen LogP contribution in [0.2, 0.25) is 0 Å². The lowest BCUT2D eigenvalue weighted by molar-refractivity contribution is -0.870. The summed E-state index contributed by atoms with van der Waals surface area (Å²) in [5.41, 5.74) is 0. The van der Waals surface area contributed by atoms with Crippen LogP contribution in [-0.2, 0) is 27.9 Å². The minimum absolute atomic E-state index is 0.000962. The number of esters is 1. The fourth-order valence-corrected chi connectivity index (χ4v) is 5.43. The molecule has 8 nitrogen and oxygen atoms in total. The summed E-state index contributed by atoms with van der Waals surface area (Å²) in [6.45, 7) is 4.97. The van der Waals surface area contributed by atoms with Gasteiger partial charge in [0.25, 0.3) is 7.82 Å². The van der Waals surface area contributed by atoms with Gasteiger partial charge in [-0.05, 0) is 83.5 Å². The van der Waals surface area contributed by atoms with Crippen LogP contribution in [0.4, 0.5) is 0 Å². The number of carbonyl (C=O) groups is 1. The molecule has 0 N–H and O–H groups in total. The first kappa shape index (κ1) is 52.2. The topological polar surface area (TPSA) is 94.1 Å². The molecule has 9 heteroatoms. The van der Waals surface area contributed by atoms with Gasteiger partial charge >= 0.3 is 5.97 Å². The van der Waals surface area contributed by atoms with Crippen molar-refractivity contribution in [2.45, 2.75) is 123 Å². The van der Waals surface area contributed by atoms with Gasteiger partial charge in [-0.25, -0.2) is 0 Å². The Balaban J connectivity index is 4.47. The van der Waals surface area contributed by atoms with Crippen molar-refractivity contribution >= 4 is 13.8 Å². The number of ether oxygens (including phenoxy) is 2. The van der Waals surface area contributed by atoms with Crippen molar-refractivity contribution in [3.8, 4) is 0 Å². The second kappa shape index (κ2) is 38.1. The Bertz CT molecular complexity index is 1240. The largest absolute Gasteiger partial charge is 0.756 e. The molecule has 312 valence electrons. The summed E-state index contributed by atoms with van der Waals surface area (Å²) in [6, 6.07) is 0. The number of phosphoric ester groups is 1. The van der Waals surface area contributed by atoms with Crippen LogP contribution >= 0.6 is 7.82 Å². The molecule has 0 aromatic rings. The van der Waals surface area contributed by atoms with E-state index < -0.39 is 19.9 Å². The zero-order chi connectivity index (χ0) is 40.6. The third-order valence-electron chi connectivity index (χ3n) is 7.83. The van der Waals surface area contributed by atoms with Crippen LogP contribution in [0.3, 0.4) is 0 Å². The van der Waals surface area contributed by atoms with Gasteiger partial charge in [0.2, 0.25) is 0 Å². The molecule has 0 rings (SSSR count). The van der Waals surface area contributed by atoms with E-state index in [0.717, 1.165) is 89.9 Å². The van der Waals surface area contributed by atoms with Crippen molar-refractivity contribution in [3.05, 3.63) is 109 Å². The highest BCUT2D eigenvalue weighted by molar-refractivity contribution is 7.45. The number of unbranched alkanes of at least 4 members (excludes halogenated alkanes) is 4. The first-order valence-electron chi connectivity index (χ1n) is 20.6. The van der Waals surface area contributed by atoms with Crippen molar-refractivity contribution in [3.63, 3.8) is 0 Å². The number of hydrogen-bond donors (Lipinski definition) is 0. The van der Waals surface area contributed by atoms with E-state index in [1.807, 2.05) is 33.3 Å². The summed E-state index contributed by atoms with van der Waals surface area (Å²) in [5.74, 6) is -0.430. The van der Waals surface area contributed by atoms with E-state index in [-0.39, 0.29) is 26.2 Å². The normalized spacial score (nSPS) is 14.9. The molecule has 0 aromatic carbocycles. The second-order valence-electron chi connectivity index (χ2n) is 14.2. The number of quaternary nitrogens is 1. The molecule has 0 aliphatic rings. The van der Waals surface area contributed by atoms with Crippen LogP contribution in [0.5, 0.6) is 0 Å². The Labute approximate surface area is 336 Å². The van der Waals surface area contributed by atoms with Gasteiger partial charge < -0.3 is 27.9 Å². The van der Waals surface area contributed by atoms with Gasteiger partial charge in [-0.15, -0.1) is 0 Å². The van der Waals surface area contributed by atoms with Gasteiger partial charge in [0.05, 0.1) is 34.4 Å². The fraction of sp³-hybridized carbons (Fsp3) is 0.587.